The number of hydrogen-bond acceptors (Lipinski definition) is 4. The van der Waals surface area contributed by atoms with Gasteiger partial charge in [0.2, 0.25) is 5.89 Å². The Hall–Kier alpha value is -2.95. The molecule has 0 N–H and O–H groups in total. The van der Waals surface area contributed by atoms with Crippen molar-refractivity contribution in [1.29, 1.82) is 0 Å². The number of hydrogen-bond donors (Lipinski definition) is 0. The number of Topliss-reactive ketones (excluding diaryl/α,β-unsaturated/α-hetero) is 1. The van der Waals surface area contributed by atoms with E-state index in [1.165, 1.54) is 17.2 Å². The van der Waals surface area contributed by atoms with E-state index in [4.69, 9.17) is 4.42 Å². The molecule has 0 unspecified atom stereocenters. The van der Waals surface area contributed by atoms with Crippen LogP contribution in [-0.2, 0) is 19.4 Å². The molecule has 0 saturated heterocycles. The zero-order chi connectivity index (χ0) is 16.9. The maximum absolute atomic E-state index is 11.9. The van der Waals surface area contributed by atoms with Gasteiger partial charge in [0.25, 0.3) is 0 Å². The summed E-state index contributed by atoms with van der Waals surface area (Å²) in [7, 11) is 0. The fraction of sp³-hybridized carbons (Fsp3) is 0.211. The zero-order valence-corrected chi connectivity index (χ0v) is 13.4. The lowest BCUT2D eigenvalue weighted by molar-refractivity contribution is 0.101. The van der Waals surface area contributed by atoms with Gasteiger partial charge in [0.15, 0.2) is 5.78 Å². The first-order chi connectivity index (χ1) is 11.6. The third-order valence-electron chi connectivity index (χ3n) is 3.78. The van der Waals surface area contributed by atoms with Crippen molar-refractivity contribution in [3.05, 3.63) is 87.7 Å². The van der Waals surface area contributed by atoms with E-state index in [1.807, 2.05) is 36.4 Å². The number of carbonyl (C=O) groups excluding carboxylic acids is 1. The van der Waals surface area contributed by atoms with Crippen LogP contribution in [0.3, 0.4) is 0 Å². The molecule has 0 spiro atoms. The van der Waals surface area contributed by atoms with Crippen molar-refractivity contribution in [3.63, 3.8) is 0 Å². The molecule has 122 valence electrons. The first kappa shape index (κ1) is 15.9. The number of aryl methyl sites for hydroxylation is 2. The van der Waals surface area contributed by atoms with Gasteiger partial charge in [0.05, 0.1) is 6.54 Å². The largest absolute Gasteiger partial charge is 0.437 e. The lowest BCUT2D eigenvalue weighted by Crippen LogP contribution is -2.16. The minimum atomic E-state index is -0.480. The highest BCUT2D eigenvalue weighted by atomic mass is 16.4. The molecule has 0 saturated carbocycles. The van der Waals surface area contributed by atoms with E-state index in [9.17, 15) is 9.59 Å². The van der Waals surface area contributed by atoms with Crippen LogP contribution in [0.2, 0.25) is 0 Å². The predicted octanol–water partition coefficient (Wildman–Crippen LogP) is 2.87. The molecular weight excluding hydrogens is 304 g/mol. The van der Waals surface area contributed by atoms with Crippen molar-refractivity contribution in [2.45, 2.75) is 26.3 Å². The highest BCUT2D eigenvalue weighted by Gasteiger charge is 2.09. The summed E-state index contributed by atoms with van der Waals surface area (Å²) in [6, 6.07) is 17.2. The number of nitrogens with zero attached hydrogens (tertiary/aromatic N) is 2. The Morgan fingerprint density at radius 2 is 1.79 bits per heavy atom. The van der Waals surface area contributed by atoms with Crippen LogP contribution in [-0.4, -0.2) is 15.6 Å². The van der Waals surface area contributed by atoms with Crippen LogP contribution in [0.4, 0.5) is 0 Å². The van der Waals surface area contributed by atoms with E-state index in [0.29, 0.717) is 17.9 Å². The number of ketones is 1. The Labute approximate surface area is 139 Å². The highest BCUT2D eigenvalue weighted by Crippen LogP contribution is 2.08. The second-order valence-electron chi connectivity index (χ2n) is 5.66. The first-order valence-electron chi connectivity index (χ1n) is 7.82. The second kappa shape index (κ2) is 7.08. The van der Waals surface area contributed by atoms with Gasteiger partial charge in [-0.2, -0.15) is 4.68 Å². The van der Waals surface area contributed by atoms with Crippen LogP contribution in [0.5, 0.6) is 0 Å². The molecule has 0 radical (unpaired) electrons. The SMILES string of the molecule is CC(=O)c1cccc(Cn2nc(CCc3ccccc3)oc2=O)c1. The van der Waals surface area contributed by atoms with Gasteiger partial charge in [-0.25, -0.2) is 4.79 Å². The molecule has 0 fully saturated rings. The molecule has 1 heterocycles. The van der Waals surface area contributed by atoms with Gasteiger partial charge in [0, 0.05) is 12.0 Å². The second-order valence-corrected chi connectivity index (χ2v) is 5.66. The lowest BCUT2D eigenvalue weighted by atomic mass is 10.1. The highest BCUT2D eigenvalue weighted by molar-refractivity contribution is 5.94. The van der Waals surface area contributed by atoms with Crippen LogP contribution in [0, 0.1) is 0 Å². The molecule has 0 bridgehead atoms. The van der Waals surface area contributed by atoms with Crippen LogP contribution < -0.4 is 5.76 Å². The summed E-state index contributed by atoms with van der Waals surface area (Å²) in [5, 5.41) is 4.25. The van der Waals surface area contributed by atoms with Crippen LogP contribution in [0.15, 0.2) is 63.8 Å². The molecule has 24 heavy (non-hydrogen) atoms. The van der Waals surface area contributed by atoms with Crippen molar-refractivity contribution in [1.82, 2.24) is 9.78 Å². The summed E-state index contributed by atoms with van der Waals surface area (Å²) in [4.78, 5) is 23.4. The molecule has 5 nitrogen and oxygen atoms in total. The molecule has 1 aromatic heterocycles. The molecule has 0 aliphatic carbocycles. The Balaban J connectivity index is 1.71. The molecule has 5 heteroatoms. The van der Waals surface area contributed by atoms with Crippen LogP contribution in [0.1, 0.15) is 34.3 Å². The van der Waals surface area contributed by atoms with E-state index in [2.05, 4.69) is 5.10 Å². The summed E-state index contributed by atoms with van der Waals surface area (Å²) in [5.74, 6) is -0.0641. The van der Waals surface area contributed by atoms with Gasteiger partial charge in [0.1, 0.15) is 0 Å². The smallest absolute Gasteiger partial charge is 0.392 e. The Morgan fingerprint density at radius 3 is 2.54 bits per heavy atom. The Kier molecular flexibility index (Phi) is 4.70. The maximum atomic E-state index is 11.9. The third kappa shape index (κ3) is 3.87. The normalized spacial score (nSPS) is 10.7. The zero-order valence-electron chi connectivity index (χ0n) is 13.4. The standard InChI is InChI=1S/C19H18N2O3/c1-14(22)17-9-5-8-16(12-17)13-21-19(23)24-18(20-21)11-10-15-6-3-2-4-7-15/h2-9,12H,10-11,13H2,1H3. The predicted molar refractivity (Wildman–Crippen MR) is 90.2 cm³/mol. The average molecular weight is 322 g/mol. The maximum Gasteiger partial charge on any atom is 0.437 e. The monoisotopic (exact) mass is 322 g/mol. The number of carbonyl (C=O) groups is 1. The lowest BCUT2D eigenvalue weighted by Gasteiger charge is -2.02. The third-order valence-corrected chi connectivity index (χ3v) is 3.78. The van der Waals surface area contributed by atoms with Crippen molar-refractivity contribution in [3.8, 4) is 0 Å². The molecule has 0 aliphatic rings. The summed E-state index contributed by atoms with van der Waals surface area (Å²) in [6.45, 7) is 1.80. The fourth-order valence-corrected chi connectivity index (χ4v) is 2.51. The van der Waals surface area contributed by atoms with Crippen molar-refractivity contribution in [2.24, 2.45) is 0 Å². The van der Waals surface area contributed by atoms with Gasteiger partial charge < -0.3 is 4.42 Å². The van der Waals surface area contributed by atoms with E-state index < -0.39 is 5.76 Å². The molecule has 3 aromatic rings. The molecular formula is C19H18N2O3. The quantitative estimate of drug-likeness (QED) is 0.655. The van der Waals surface area contributed by atoms with Gasteiger partial charge in [-0.15, -0.1) is 5.10 Å². The summed E-state index contributed by atoms with van der Waals surface area (Å²) < 4.78 is 6.51. The van der Waals surface area contributed by atoms with Crippen molar-refractivity contribution >= 4 is 5.78 Å². The van der Waals surface area contributed by atoms with Gasteiger partial charge in [-0.3, -0.25) is 4.79 Å². The van der Waals surface area contributed by atoms with E-state index in [1.54, 1.807) is 18.2 Å². The minimum absolute atomic E-state index is 0.00657. The molecule has 2 aromatic carbocycles. The van der Waals surface area contributed by atoms with Crippen LogP contribution in [0.25, 0.3) is 0 Å². The molecule has 0 atom stereocenters. The average Bonchev–Trinajstić information content (AvgIpc) is 2.94. The van der Waals surface area contributed by atoms with E-state index >= 15 is 0 Å². The first-order valence-corrected chi connectivity index (χ1v) is 7.82. The van der Waals surface area contributed by atoms with Crippen molar-refractivity contribution in [2.75, 3.05) is 0 Å². The molecule has 0 amide bonds. The van der Waals surface area contributed by atoms with E-state index in [-0.39, 0.29) is 12.3 Å². The van der Waals surface area contributed by atoms with Crippen molar-refractivity contribution < 1.29 is 9.21 Å². The Bertz CT molecular complexity index is 894. The summed E-state index contributed by atoms with van der Waals surface area (Å²) >= 11 is 0. The molecule has 3 rings (SSSR count). The van der Waals surface area contributed by atoms with Gasteiger partial charge >= 0.3 is 5.76 Å². The number of benzene rings is 2. The van der Waals surface area contributed by atoms with E-state index in [0.717, 1.165) is 12.0 Å². The number of aromatic nitrogens is 2. The number of rotatable bonds is 6. The van der Waals surface area contributed by atoms with Crippen LogP contribution >= 0.6 is 0 Å². The topological polar surface area (TPSA) is 65.1 Å². The Morgan fingerprint density at radius 1 is 1.04 bits per heavy atom. The fourth-order valence-electron chi connectivity index (χ4n) is 2.51. The van der Waals surface area contributed by atoms with Gasteiger partial charge in [-0.1, -0.05) is 48.5 Å². The summed E-state index contributed by atoms with van der Waals surface area (Å²) in [5.41, 5.74) is 2.63. The molecule has 0 aliphatic heterocycles. The van der Waals surface area contributed by atoms with Gasteiger partial charge in [-0.05, 0) is 30.5 Å². The minimum Gasteiger partial charge on any atom is -0.392 e. The summed E-state index contributed by atoms with van der Waals surface area (Å²) in [6.07, 6.45) is 1.33.